The summed E-state index contributed by atoms with van der Waals surface area (Å²) in [4.78, 5) is 15.0. The lowest BCUT2D eigenvalue weighted by Gasteiger charge is -2.29. The number of hydrogen-bond acceptors (Lipinski definition) is 4. The predicted octanol–water partition coefficient (Wildman–Crippen LogP) is 2.78. The van der Waals surface area contributed by atoms with E-state index in [0.29, 0.717) is 35.2 Å². The first-order valence-electron chi connectivity index (χ1n) is 7.12. The predicted molar refractivity (Wildman–Crippen MR) is 83.0 cm³/mol. The van der Waals surface area contributed by atoms with Gasteiger partial charge in [0, 0.05) is 13.1 Å². The van der Waals surface area contributed by atoms with Crippen LogP contribution in [0.4, 0.5) is 5.69 Å². The molecular weight excluding hydrogens is 266 g/mol. The number of morpholine rings is 1. The van der Waals surface area contributed by atoms with Gasteiger partial charge in [-0.2, -0.15) is 0 Å². The molecule has 0 spiro atoms. The molecule has 3 aromatic rings. The highest BCUT2D eigenvalue weighted by atomic mass is 16.5. The van der Waals surface area contributed by atoms with Crippen molar-refractivity contribution in [1.29, 1.82) is 0 Å². The summed E-state index contributed by atoms with van der Waals surface area (Å²) >= 11 is 0. The molecule has 1 aliphatic heterocycles. The largest absolute Gasteiger partial charge is 0.456 e. The third-order valence-corrected chi connectivity index (χ3v) is 3.93. The van der Waals surface area contributed by atoms with E-state index in [1.807, 2.05) is 42.5 Å². The summed E-state index contributed by atoms with van der Waals surface area (Å²) in [6, 6.07) is 13.2. The Morgan fingerprint density at radius 1 is 0.905 bits per heavy atom. The molecule has 21 heavy (non-hydrogen) atoms. The molecule has 4 rings (SSSR count). The summed E-state index contributed by atoms with van der Waals surface area (Å²) in [5, 5.41) is 1.30. The lowest BCUT2D eigenvalue weighted by atomic mass is 10.1. The second-order valence-electron chi connectivity index (χ2n) is 5.18. The smallest absolute Gasteiger partial charge is 0.202 e. The lowest BCUT2D eigenvalue weighted by molar-refractivity contribution is 0.123. The molecule has 0 N–H and O–H groups in total. The van der Waals surface area contributed by atoms with Crippen molar-refractivity contribution >= 4 is 27.6 Å². The fourth-order valence-corrected chi connectivity index (χ4v) is 2.90. The number of anilines is 1. The molecule has 2 heterocycles. The molecule has 0 saturated carbocycles. The molecule has 4 nitrogen and oxygen atoms in total. The van der Waals surface area contributed by atoms with E-state index in [1.54, 1.807) is 0 Å². The number of benzene rings is 2. The van der Waals surface area contributed by atoms with Crippen molar-refractivity contribution in [2.24, 2.45) is 0 Å². The second-order valence-corrected chi connectivity index (χ2v) is 5.18. The van der Waals surface area contributed by atoms with Gasteiger partial charge in [0.25, 0.3) is 0 Å². The highest BCUT2D eigenvalue weighted by Gasteiger charge is 2.17. The maximum Gasteiger partial charge on any atom is 0.202 e. The minimum Gasteiger partial charge on any atom is -0.456 e. The zero-order valence-corrected chi connectivity index (χ0v) is 11.5. The van der Waals surface area contributed by atoms with Crippen LogP contribution >= 0.6 is 0 Å². The number of nitrogens with zero attached hydrogens (tertiary/aromatic N) is 1. The molecule has 1 saturated heterocycles. The van der Waals surface area contributed by atoms with E-state index in [9.17, 15) is 4.79 Å². The zero-order chi connectivity index (χ0) is 14.2. The minimum absolute atomic E-state index is 0.0361. The molecule has 0 radical (unpaired) electrons. The van der Waals surface area contributed by atoms with Gasteiger partial charge >= 0.3 is 0 Å². The number of para-hydroxylation sites is 1. The van der Waals surface area contributed by atoms with E-state index in [1.165, 1.54) is 0 Å². The molecule has 4 heteroatoms. The quantitative estimate of drug-likeness (QED) is 0.643. The van der Waals surface area contributed by atoms with E-state index >= 15 is 0 Å². The van der Waals surface area contributed by atoms with Crippen molar-refractivity contribution in [3.05, 3.63) is 52.7 Å². The van der Waals surface area contributed by atoms with Gasteiger partial charge in [-0.25, -0.2) is 0 Å². The second kappa shape index (κ2) is 4.90. The average Bonchev–Trinajstić information content (AvgIpc) is 2.55. The van der Waals surface area contributed by atoms with Gasteiger partial charge in [0.2, 0.25) is 5.43 Å². The normalized spacial score (nSPS) is 15.7. The van der Waals surface area contributed by atoms with Crippen LogP contribution in [0.1, 0.15) is 0 Å². The topological polar surface area (TPSA) is 42.7 Å². The summed E-state index contributed by atoms with van der Waals surface area (Å²) in [5.41, 5.74) is 2.25. The van der Waals surface area contributed by atoms with Crippen molar-refractivity contribution < 1.29 is 9.15 Å². The van der Waals surface area contributed by atoms with Gasteiger partial charge in [-0.05, 0) is 24.3 Å². The Hall–Kier alpha value is -2.33. The Balaban J connectivity index is 2.03. The maximum atomic E-state index is 12.8. The molecule has 2 aromatic carbocycles. The van der Waals surface area contributed by atoms with Crippen molar-refractivity contribution in [2.45, 2.75) is 0 Å². The van der Waals surface area contributed by atoms with Crippen LogP contribution < -0.4 is 10.3 Å². The summed E-state index contributed by atoms with van der Waals surface area (Å²) < 4.78 is 11.3. The number of fused-ring (bicyclic) bond motifs is 2. The van der Waals surface area contributed by atoms with Crippen LogP contribution in [0.5, 0.6) is 0 Å². The first-order chi connectivity index (χ1) is 10.3. The van der Waals surface area contributed by atoms with Crippen molar-refractivity contribution in [1.82, 2.24) is 0 Å². The Bertz CT molecular complexity index is 863. The van der Waals surface area contributed by atoms with E-state index in [0.717, 1.165) is 18.8 Å². The van der Waals surface area contributed by atoms with E-state index < -0.39 is 0 Å². The highest BCUT2D eigenvalue weighted by molar-refractivity contribution is 5.97. The highest BCUT2D eigenvalue weighted by Crippen LogP contribution is 2.27. The molecule has 0 amide bonds. The van der Waals surface area contributed by atoms with Crippen LogP contribution in [0.25, 0.3) is 21.9 Å². The van der Waals surface area contributed by atoms with Crippen molar-refractivity contribution in [2.75, 3.05) is 31.2 Å². The van der Waals surface area contributed by atoms with Crippen LogP contribution in [-0.4, -0.2) is 26.3 Å². The van der Waals surface area contributed by atoms with Crippen LogP contribution in [0.2, 0.25) is 0 Å². The molecule has 0 unspecified atom stereocenters. The Morgan fingerprint density at radius 3 is 2.52 bits per heavy atom. The lowest BCUT2D eigenvalue weighted by Crippen LogP contribution is -2.36. The van der Waals surface area contributed by atoms with Crippen molar-refractivity contribution in [3.63, 3.8) is 0 Å². The van der Waals surface area contributed by atoms with Gasteiger partial charge in [0.1, 0.15) is 11.2 Å². The standard InChI is InChI=1S/C17H15NO3/c19-17-12-4-1-2-6-14(12)21-15-7-3-5-13(16(15)17)18-8-10-20-11-9-18/h1-7H,8-11H2. The summed E-state index contributed by atoms with van der Waals surface area (Å²) in [7, 11) is 0. The summed E-state index contributed by atoms with van der Waals surface area (Å²) in [5.74, 6) is 0. The molecule has 0 bridgehead atoms. The number of hydrogen-bond donors (Lipinski definition) is 0. The van der Waals surface area contributed by atoms with Gasteiger partial charge in [0.05, 0.1) is 29.7 Å². The maximum absolute atomic E-state index is 12.8. The molecule has 1 aromatic heterocycles. The monoisotopic (exact) mass is 281 g/mol. The summed E-state index contributed by atoms with van der Waals surface area (Å²) in [6.07, 6.45) is 0. The molecular formula is C17H15NO3. The van der Waals surface area contributed by atoms with Crippen LogP contribution in [0.15, 0.2) is 51.7 Å². The first kappa shape index (κ1) is 12.4. The SMILES string of the molecule is O=c1c2ccccc2oc2cccc(N3CCOCC3)c12. The average molecular weight is 281 g/mol. The minimum atomic E-state index is 0.0361. The summed E-state index contributed by atoms with van der Waals surface area (Å²) in [6.45, 7) is 2.97. The molecule has 106 valence electrons. The number of ether oxygens (including phenoxy) is 1. The van der Waals surface area contributed by atoms with Gasteiger partial charge in [-0.1, -0.05) is 18.2 Å². The van der Waals surface area contributed by atoms with Gasteiger partial charge < -0.3 is 14.1 Å². The van der Waals surface area contributed by atoms with Crippen LogP contribution in [0, 0.1) is 0 Å². The number of rotatable bonds is 1. The van der Waals surface area contributed by atoms with E-state index in [2.05, 4.69) is 4.90 Å². The Kier molecular flexibility index (Phi) is 2.89. The molecule has 0 aliphatic carbocycles. The van der Waals surface area contributed by atoms with Crippen molar-refractivity contribution in [3.8, 4) is 0 Å². The molecule has 1 fully saturated rings. The van der Waals surface area contributed by atoms with Crippen LogP contribution in [-0.2, 0) is 4.74 Å². The molecule has 1 aliphatic rings. The third kappa shape index (κ3) is 1.99. The van der Waals surface area contributed by atoms with Gasteiger partial charge in [-0.3, -0.25) is 4.79 Å². The molecule has 0 atom stereocenters. The van der Waals surface area contributed by atoms with E-state index in [-0.39, 0.29) is 5.43 Å². The Morgan fingerprint density at radius 2 is 1.67 bits per heavy atom. The fourth-order valence-electron chi connectivity index (χ4n) is 2.90. The fraction of sp³-hybridized carbons (Fsp3) is 0.235. The van der Waals surface area contributed by atoms with Gasteiger partial charge in [-0.15, -0.1) is 0 Å². The Labute approximate surface area is 121 Å². The third-order valence-electron chi connectivity index (χ3n) is 3.93. The zero-order valence-electron chi connectivity index (χ0n) is 11.5. The first-order valence-corrected chi connectivity index (χ1v) is 7.12. The van der Waals surface area contributed by atoms with Gasteiger partial charge in [0.15, 0.2) is 0 Å². The van der Waals surface area contributed by atoms with Crippen LogP contribution in [0.3, 0.4) is 0 Å². The van der Waals surface area contributed by atoms with E-state index in [4.69, 9.17) is 9.15 Å².